The van der Waals surface area contributed by atoms with Crippen LogP contribution in [-0.4, -0.2) is 47.1 Å². The Morgan fingerprint density at radius 3 is 2.64 bits per heavy atom. The van der Waals surface area contributed by atoms with Crippen molar-refractivity contribution in [2.75, 3.05) is 6.61 Å². The second-order valence-corrected chi connectivity index (χ2v) is 10.0. The van der Waals surface area contributed by atoms with Crippen molar-refractivity contribution < 1.29 is 28.9 Å². The summed E-state index contributed by atoms with van der Waals surface area (Å²) < 4.78 is 18.2. The molecule has 6 heteroatoms. The highest BCUT2D eigenvalue weighted by atomic mass is 16.7. The zero-order valence-electron chi connectivity index (χ0n) is 20.5. The summed E-state index contributed by atoms with van der Waals surface area (Å²) in [4.78, 5) is 23.8. The van der Waals surface area contributed by atoms with E-state index >= 15 is 0 Å². The van der Waals surface area contributed by atoms with Gasteiger partial charge >= 0.3 is 5.97 Å². The molecule has 0 saturated carbocycles. The number of esters is 1. The fourth-order valence-electron chi connectivity index (χ4n) is 4.52. The SMILES string of the molecule is CC(=O)OCC1=C[C@]2(C=C(C)C[C@@H](C=C(C)CC=CC(C)(C)O)O2)O[C@@H]2C=C(C)C(=O)C[C@H]12. The monoisotopic (exact) mass is 456 g/mol. The molecule has 0 unspecified atom stereocenters. The van der Waals surface area contributed by atoms with Crippen molar-refractivity contribution in [2.45, 2.75) is 84.4 Å². The molecule has 3 aliphatic rings. The van der Waals surface area contributed by atoms with E-state index in [-0.39, 0.29) is 36.5 Å². The number of ether oxygens (including phenoxy) is 3. The summed E-state index contributed by atoms with van der Waals surface area (Å²) >= 11 is 0. The first-order chi connectivity index (χ1) is 15.4. The highest BCUT2D eigenvalue weighted by molar-refractivity contribution is 5.96. The van der Waals surface area contributed by atoms with Crippen molar-refractivity contribution in [1.82, 2.24) is 0 Å². The summed E-state index contributed by atoms with van der Waals surface area (Å²) in [6.45, 7) is 10.9. The van der Waals surface area contributed by atoms with E-state index in [9.17, 15) is 14.7 Å². The van der Waals surface area contributed by atoms with E-state index in [2.05, 4.69) is 13.0 Å². The number of hydrogen-bond acceptors (Lipinski definition) is 6. The maximum absolute atomic E-state index is 12.3. The molecule has 0 fully saturated rings. The largest absolute Gasteiger partial charge is 0.461 e. The van der Waals surface area contributed by atoms with Crippen LogP contribution in [0, 0.1) is 5.92 Å². The van der Waals surface area contributed by atoms with E-state index < -0.39 is 11.4 Å². The van der Waals surface area contributed by atoms with Gasteiger partial charge in [0.05, 0.1) is 17.8 Å². The van der Waals surface area contributed by atoms with Gasteiger partial charge in [0, 0.05) is 19.3 Å². The van der Waals surface area contributed by atoms with Crippen LogP contribution in [0.25, 0.3) is 0 Å². The molecular formula is C27H36O6. The van der Waals surface area contributed by atoms with Crippen LogP contribution >= 0.6 is 0 Å². The topological polar surface area (TPSA) is 82.1 Å². The molecule has 6 nitrogen and oxygen atoms in total. The van der Waals surface area contributed by atoms with Gasteiger partial charge in [0.15, 0.2) is 5.78 Å². The van der Waals surface area contributed by atoms with Crippen LogP contribution in [0.3, 0.4) is 0 Å². The first kappa shape index (κ1) is 25.3. The number of carbonyl (C=O) groups is 2. The molecule has 0 amide bonds. The number of rotatable bonds is 6. The first-order valence-corrected chi connectivity index (χ1v) is 11.5. The lowest BCUT2D eigenvalue weighted by Gasteiger charge is -2.45. The van der Waals surface area contributed by atoms with Gasteiger partial charge in [-0.25, -0.2) is 0 Å². The number of hydrogen-bond donors (Lipinski definition) is 1. The average molecular weight is 457 g/mol. The Morgan fingerprint density at radius 1 is 1.24 bits per heavy atom. The fraction of sp³-hybridized carbons (Fsp3) is 0.556. The van der Waals surface area contributed by atoms with Crippen LogP contribution in [0.1, 0.15) is 60.8 Å². The number of allylic oxidation sites excluding steroid dienone is 3. The van der Waals surface area contributed by atoms with Gasteiger partial charge in [-0.3, -0.25) is 9.59 Å². The van der Waals surface area contributed by atoms with Gasteiger partial charge in [-0.1, -0.05) is 29.4 Å². The van der Waals surface area contributed by atoms with Crippen LogP contribution in [0.5, 0.6) is 0 Å². The maximum atomic E-state index is 12.3. The fourth-order valence-corrected chi connectivity index (χ4v) is 4.52. The third-order valence-corrected chi connectivity index (χ3v) is 6.02. The minimum absolute atomic E-state index is 0.0800. The second kappa shape index (κ2) is 9.92. The van der Waals surface area contributed by atoms with Crippen molar-refractivity contribution in [2.24, 2.45) is 5.92 Å². The van der Waals surface area contributed by atoms with E-state index in [0.717, 1.165) is 23.1 Å². The lowest BCUT2D eigenvalue weighted by molar-refractivity contribution is -0.225. The standard InChI is InChI=1S/C27H36O6/c1-17(8-7-9-26(5,6)30)10-22-11-18(2)14-27(32-22)15-21(16-31-20(4)28)23-13-24(29)19(3)12-25(23)33-27/h7,9-10,12,14-15,22-23,25,30H,8,11,13,16H2,1-6H3/t22-,23-,25-,27+/m1/s1. The van der Waals surface area contributed by atoms with Crippen molar-refractivity contribution in [3.63, 3.8) is 0 Å². The number of ketones is 1. The summed E-state index contributed by atoms with van der Waals surface area (Å²) in [5, 5.41) is 9.87. The van der Waals surface area contributed by atoms with Crippen LogP contribution in [-0.2, 0) is 23.8 Å². The third kappa shape index (κ3) is 6.85. The Morgan fingerprint density at radius 2 is 1.97 bits per heavy atom. The Bertz CT molecular complexity index is 942. The minimum atomic E-state index is -1.08. The zero-order chi connectivity index (χ0) is 24.4. The van der Waals surface area contributed by atoms with Crippen LogP contribution in [0.2, 0.25) is 0 Å². The van der Waals surface area contributed by atoms with E-state index in [1.807, 2.05) is 31.2 Å². The molecule has 0 radical (unpaired) electrons. The van der Waals surface area contributed by atoms with Gasteiger partial charge < -0.3 is 19.3 Å². The summed E-state index contributed by atoms with van der Waals surface area (Å²) in [7, 11) is 0. The van der Waals surface area contributed by atoms with Crippen LogP contribution in [0.15, 0.2) is 58.7 Å². The summed E-state index contributed by atoms with van der Waals surface area (Å²) in [6.07, 6.45) is 12.8. The zero-order valence-corrected chi connectivity index (χ0v) is 20.5. The molecule has 33 heavy (non-hydrogen) atoms. The molecule has 0 aromatic carbocycles. The van der Waals surface area contributed by atoms with Crippen molar-refractivity contribution in [3.05, 3.63) is 58.7 Å². The Balaban J connectivity index is 1.87. The van der Waals surface area contributed by atoms with Gasteiger partial charge in [-0.05, 0) is 76.8 Å². The minimum Gasteiger partial charge on any atom is -0.461 e. The van der Waals surface area contributed by atoms with Crippen molar-refractivity contribution in [1.29, 1.82) is 0 Å². The van der Waals surface area contributed by atoms with Gasteiger partial charge in [0.1, 0.15) is 6.61 Å². The van der Waals surface area contributed by atoms with E-state index in [1.54, 1.807) is 26.8 Å². The number of carbonyl (C=O) groups excluding carboxylic acids is 2. The maximum Gasteiger partial charge on any atom is 0.302 e. The molecule has 4 atom stereocenters. The molecule has 0 bridgehead atoms. The number of Topliss-reactive ketones (excluding diaryl/α,β-unsaturated/α-hetero) is 1. The van der Waals surface area contributed by atoms with Gasteiger partial charge in [0.25, 0.3) is 0 Å². The van der Waals surface area contributed by atoms with E-state index in [0.29, 0.717) is 18.4 Å². The normalized spacial score (nSPS) is 30.6. The first-order valence-electron chi connectivity index (χ1n) is 11.5. The highest BCUT2D eigenvalue weighted by Crippen LogP contribution is 2.42. The summed E-state index contributed by atoms with van der Waals surface area (Å²) in [5.41, 5.74) is 2.95. The predicted molar refractivity (Wildman–Crippen MR) is 126 cm³/mol. The van der Waals surface area contributed by atoms with Crippen molar-refractivity contribution in [3.8, 4) is 0 Å². The lowest BCUT2D eigenvalue weighted by atomic mass is 9.79. The van der Waals surface area contributed by atoms with Gasteiger partial charge in [0.2, 0.25) is 5.79 Å². The Labute approximate surface area is 196 Å². The molecule has 180 valence electrons. The molecule has 0 saturated heterocycles. The number of fused-ring (bicyclic) bond motifs is 1. The van der Waals surface area contributed by atoms with Crippen molar-refractivity contribution >= 4 is 11.8 Å². The molecule has 0 aromatic heterocycles. The predicted octanol–water partition coefficient (Wildman–Crippen LogP) is 4.51. The Kier molecular flexibility index (Phi) is 7.62. The molecule has 1 spiro atoms. The molecule has 0 aromatic rings. The van der Waals surface area contributed by atoms with Crippen LogP contribution < -0.4 is 0 Å². The molecule has 3 rings (SSSR count). The molecular weight excluding hydrogens is 420 g/mol. The molecule has 1 N–H and O–H groups in total. The second-order valence-electron chi connectivity index (χ2n) is 10.0. The molecule has 2 aliphatic heterocycles. The van der Waals surface area contributed by atoms with E-state index in [4.69, 9.17) is 14.2 Å². The average Bonchev–Trinajstić information content (AvgIpc) is 2.66. The lowest BCUT2D eigenvalue weighted by Crippen LogP contribution is -2.49. The smallest absolute Gasteiger partial charge is 0.302 e. The Hall–Kier alpha value is -2.28. The quantitative estimate of drug-likeness (QED) is 0.468. The molecule has 2 heterocycles. The van der Waals surface area contributed by atoms with E-state index in [1.165, 1.54) is 6.92 Å². The third-order valence-electron chi connectivity index (χ3n) is 6.02. The van der Waals surface area contributed by atoms with Gasteiger partial charge in [-0.2, -0.15) is 0 Å². The summed E-state index contributed by atoms with van der Waals surface area (Å²) in [5.74, 6) is -1.54. The summed E-state index contributed by atoms with van der Waals surface area (Å²) in [6, 6.07) is 0. The number of aliphatic hydroxyl groups is 1. The van der Waals surface area contributed by atoms with Gasteiger partial charge in [-0.15, -0.1) is 0 Å². The highest BCUT2D eigenvalue weighted by Gasteiger charge is 2.45. The molecule has 1 aliphatic carbocycles. The van der Waals surface area contributed by atoms with Crippen LogP contribution in [0.4, 0.5) is 0 Å².